The minimum absolute atomic E-state index is 0.179. The molecule has 148 valence electrons. The third-order valence-electron chi connectivity index (χ3n) is 5.84. The third kappa shape index (κ3) is 4.45. The lowest BCUT2D eigenvalue weighted by Crippen LogP contribution is -2.58. The van der Waals surface area contributed by atoms with Crippen LogP contribution in [0.4, 0.5) is 0 Å². The first-order valence-corrected chi connectivity index (χ1v) is 10.0. The van der Waals surface area contributed by atoms with E-state index >= 15 is 0 Å². The monoisotopic (exact) mass is 372 g/mol. The lowest BCUT2D eigenvalue weighted by molar-refractivity contribution is -0.148. The number of benzene rings is 1. The number of methoxy groups -OCH3 is 1. The van der Waals surface area contributed by atoms with E-state index in [2.05, 4.69) is 4.90 Å². The standard InChI is InChI=1S/C22H32N2O3/c1-22(2,3)21(26)24-12-5-6-17-15-23(13-11-19(17)24)20(25)14-16-7-9-18(27-4)10-8-16/h7-10,17,19H,5-6,11-15H2,1-4H3/t17-,19+/m1/s1. The Kier molecular flexibility index (Phi) is 5.78. The average Bonchev–Trinajstić information content (AvgIpc) is 2.66. The Morgan fingerprint density at radius 3 is 2.44 bits per heavy atom. The topological polar surface area (TPSA) is 49.9 Å². The predicted molar refractivity (Wildman–Crippen MR) is 106 cm³/mol. The number of fused-ring (bicyclic) bond motifs is 1. The van der Waals surface area contributed by atoms with Crippen LogP contribution in [0.3, 0.4) is 0 Å². The van der Waals surface area contributed by atoms with Crippen LogP contribution in [0.5, 0.6) is 5.75 Å². The van der Waals surface area contributed by atoms with Gasteiger partial charge in [0.05, 0.1) is 13.5 Å². The summed E-state index contributed by atoms with van der Waals surface area (Å²) in [6.45, 7) is 8.35. The molecule has 2 saturated heterocycles. The van der Waals surface area contributed by atoms with Crippen LogP contribution in [-0.4, -0.2) is 54.4 Å². The quantitative estimate of drug-likeness (QED) is 0.819. The number of hydrogen-bond donors (Lipinski definition) is 0. The highest BCUT2D eigenvalue weighted by molar-refractivity contribution is 5.82. The van der Waals surface area contributed by atoms with Gasteiger partial charge >= 0.3 is 0 Å². The Balaban J connectivity index is 1.61. The molecule has 5 heteroatoms. The van der Waals surface area contributed by atoms with Crippen LogP contribution in [0.1, 0.15) is 45.6 Å². The molecule has 1 aromatic rings. The van der Waals surface area contributed by atoms with Crippen LogP contribution >= 0.6 is 0 Å². The van der Waals surface area contributed by atoms with Gasteiger partial charge in [-0.2, -0.15) is 0 Å². The normalized spacial score (nSPS) is 23.0. The molecule has 2 heterocycles. The molecule has 0 saturated carbocycles. The molecule has 2 fully saturated rings. The maximum absolute atomic E-state index is 12.8. The summed E-state index contributed by atoms with van der Waals surface area (Å²) in [4.78, 5) is 29.7. The van der Waals surface area contributed by atoms with Crippen molar-refractivity contribution in [2.75, 3.05) is 26.7 Å². The van der Waals surface area contributed by atoms with Crippen molar-refractivity contribution in [3.05, 3.63) is 29.8 Å². The van der Waals surface area contributed by atoms with Crippen molar-refractivity contribution >= 4 is 11.8 Å². The van der Waals surface area contributed by atoms with E-state index in [1.807, 2.05) is 49.9 Å². The minimum atomic E-state index is -0.344. The molecular formula is C22H32N2O3. The Morgan fingerprint density at radius 2 is 1.81 bits per heavy atom. The number of hydrogen-bond acceptors (Lipinski definition) is 3. The van der Waals surface area contributed by atoms with Crippen LogP contribution in [-0.2, 0) is 16.0 Å². The highest BCUT2D eigenvalue weighted by Crippen LogP contribution is 2.33. The molecule has 0 spiro atoms. The van der Waals surface area contributed by atoms with Gasteiger partial charge in [0.2, 0.25) is 11.8 Å². The van der Waals surface area contributed by atoms with Crippen LogP contribution in [0.25, 0.3) is 0 Å². The van der Waals surface area contributed by atoms with Crippen molar-refractivity contribution in [3.8, 4) is 5.75 Å². The van der Waals surface area contributed by atoms with Gasteiger partial charge in [-0.15, -0.1) is 0 Å². The second kappa shape index (κ2) is 7.91. The number of nitrogens with zero attached hydrogens (tertiary/aromatic N) is 2. The van der Waals surface area contributed by atoms with Crippen molar-refractivity contribution in [2.24, 2.45) is 11.3 Å². The Morgan fingerprint density at radius 1 is 1.11 bits per heavy atom. The highest BCUT2D eigenvalue weighted by atomic mass is 16.5. The van der Waals surface area contributed by atoms with Gasteiger partial charge in [0, 0.05) is 31.1 Å². The largest absolute Gasteiger partial charge is 0.497 e. The van der Waals surface area contributed by atoms with Crippen LogP contribution in [0.2, 0.25) is 0 Å². The van der Waals surface area contributed by atoms with Gasteiger partial charge in [-0.3, -0.25) is 9.59 Å². The molecule has 0 N–H and O–H groups in total. The fourth-order valence-corrected chi connectivity index (χ4v) is 4.34. The number of piperidine rings is 2. The van der Waals surface area contributed by atoms with E-state index in [1.165, 1.54) is 0 Å². The summed E-state index contributed by atoms with van der Waals surface area (Å²) in [7, 11) is 1.64. The molecule has 2 aliphatic rings. The molecule has 0 radical (unpaired) electrons. The second-order valence-electron chi connectivity index (χ2n) is 8.87. The fourth-order valence-electron chi connectivity index (χ4n) is 4.34. The molecule has 0 bridgehead atoms. The van der Waals surface area contributed by atoms with Gasteiger partial charge in [0.15, 0.2) is 0 Å². The number of ether oxygens (including phenoxy) is 1. The van der Waals surface area contributed by atoms with Gasteiger partial charge in [0.1, 0.15) is 5.75 Å². The van der Waals surface area contributed by atoms with Gasteiger partial charge in [0.25, 0.3) is 0 Å². The van der Waals surface area contributed by atoms with Gasteiger partial charge in [-0.1, -0.05) is 32.9 Å². The SMILES string of the molecule is COc1ccc(CC(=O)N2CC[C@H]3[C@H](CCCN3C(=O)C(C)(C)C)C2)cc1. The number of likely N-dealkylation sites (tertiary alicyclic amines) is 2. The zero-order valence-electron chi connectivity index (χ0n) is 17.0. The molecular weight excluding hydrogens is 340 g/mol. The maximum atomic E-state index is 12.8. The van der Waals surface area contributed by atoms with E-state index in [0.29, 0.717) is 12.3 Å². The molecule has 2 atom stereocenters. The number of carbonyl (C=O) groups is 2. The predicted octanol–water partition coefficient (Wildman–Crippen LogP) is 3.12. The summed E-state index contributed by atoms with van der Waals surface area (Å²) < 4.78 is 5.18. The Bertz CT molecular complexity index is 678. The summed E-state index contributed by atoms with van der Waals surface area (Å²) in [5, 5.41) is 0. The van der Waals surface area contributed by atoms with E-state index in [0.717, 1.165) is 50.2 Å². The lowest BCUT2D eigenvalue weighted by atomic mass is 9.81. The van der Waals surface area contributed by atoms with Crippen molar-refractivity contribution in [1.29, 1.82) is 0 Å². The summed E-state index contributed by atoms with van der Waals surface area (Å²) in [6, 6.07) is 7.98. The van der Waals surface area contributed by atoms with Crippen molar-refractivity contribution < 1.29 is 14.3 Å². The van der Waals surface area contributed by atoms with E-state index in [9.17, 15) is 9.59 Å². The first-order chi connectivity index (χ1) is 12.8. The molecule has 3 rings (SSSR count). The van der Waals surface area contributed by atoms with Gasteiger partial charge < -0.3 is 14.5 Å². The summed E-state index contributed by atoms with van der Waals surface area (Å²) in [5.41, 5.74) is 0.666. The zero-order valence-corrected chi connectivity index (χ0v) is 17.0. The Labute approximate surface area is 162 Å². The van der Waals surface area contributed by atoms with Crippen LogP contribution in [0, 0.1) is 11.3 Å². The smallest absolute Gasteiger partial charge is 0.228 e. The molecule has 5 nitrogen and oxygen atoms in total. The van der Waals surface area contributed by atoms with E-state index in [-0.39, 0.29) is 23.3 Å². The van der Waals surface area contributed by atoms with E-state index in [4.69, 9.17) is 4.74 Å². The van der Waals surface area contributed by atoms with E-state index < -0.39 is 0 Å². The van der Waals surface area contributed by atoms with Crippen LogP contribution < -0.4 is 4.74 Å². The number of rotatable bonds is 3. The average molecular weight is 373 g/mol. The molecule has 0 unspecified atom stereocenters. The first-order valence-electron chi connectivity index (χ1n) is 10.0. The van der Waals surface area contributed by atoms with Gasteiger partial charge in [-0.25, -0.2) is 0 Å². The molecule has 27 heavy (non-hydrogen) atoms. The lowest BCUT2D eigenvalue weighted by Gasteiger charge is -2.48. The van der Waals surface area contributed by atoms with Crippen molar-refractivity contribution in [2.45, 2.75) is 52.5 Å². The highest BCUT2D eigenvalue weighted by Gasteiger charge is 2.41. The minimum Gasteiger partial charge on any atom is -0.497 e. The van der Waals surface area contributed by atoms with Crippen molar-refractivity contribution in [1.82, 2.24) is 9.80 Å². The summed E-state index contributed by atoms with van der Waals surface area (Å²) >= 11 is 0. The molecule has 1 aromatic carbocycles. The van der Waals surface area contributed by atoms with Gasteiger partial charge in [-0.05, 0) is 42.9 Å². The molecule has 2 aliphatic heterocycles. The fraction of sp³-hybridized carbons (Fsp3) is 0.636. The number of carbonyl (C=O) groups excluding carboxylic acids is 2. The van der Waals surface area contributed by atoms with Crippen LogP contribution in [0.15, 0.2) is 24.3 Å². The Hall–Kier alpha value is -2.04. The maximum Gasteiger partial charge on any atom is 0.228 e. The first kappa shape index (κ1) is 19.7. The zero-order chi connectivity index (χ0) is 19.6. The second-order valence-corrected chi connectivity index (χ2v) is 8.87. The number of amides is 2. The molecule has 0 aromatic heterocycles. The van der Waals surface area contributed by atoms with Crippen molar-refractivity contribution in [3.63, 3.8) is 0 Å². The molecule has 2 amide bonds. The summed E-state index contributed by atoms with van der Waals surface area (Å²) in [6.07, 6.45) is 3.45. The van der Waals surface area contributed by atoms with E-state index in [1.54, 1.807) is 7.11 Å². The third-order valence-corrected chi connectivity index (χ3v) is 5.84. The summed E-state index contributed by atoms with van der Waals surface area (Å²) in [5.74, 6) is 1.63. The molecule has 0 aliphatic carbocycles.